The van der Waals surface area contributed by atoms with Crippen molar-refractivity contribution in [2.75, 3.05) is 24.5 Å². The van der Waals surface area contributed by atoms with Crippen LogP contribution in [0, 0.1) is 0 Å². The van der Waals surface area contributed by atoms with Gasteiger partial charge in [0.25, 0.3) is 0 Å². The van der Waals surface area contributed by atoms with Crippen molar-refractivity contribution in [2.24, 2.45) is 0 Å². The maximum Gasteiger partial charge on any atom is 0.166 e. The van der Waals surface area contributed by atoms with Crippen molar-refractivity contribution < 1.29 is 0 Å². The van der Waals surface area contributed by atoms with Gasteiger partial charge in [0.05, 0.1) is 16.4 Å². The first-order valence-electron chi connectivity index (χ1n) is 11.3. The minimum absolute atomic E-state index is 0.567. The van der Waals surface area contributed by atoms with E-state index in [-0.39, 0.29) is 0 Å². The van der Waals surface area contributed by atoms with Crippen LogP contribution in [0.2, 0.25) is 10.0 Å². The Hall–Kier alpha value is -1.87. The van der Waals surface area contributed by atoms with Crippen LogP contribution in [0.25, 0.3) is 0 Å². The number of nitrogens with zero attached hydrogens (tertiary/aromatic N) is 4. The highest BCUT2D eigenvalue weighted by Gasteiger charge is 2.10. The van der Waals surface area contributed by atoms with E-state index in [4.69, 9.17) is 35.4 Å². The predicted molar refractivity (Wildman–Crippen MR) is 149 cm³/mol. The Labute approximate surface area is 225 Å². The lowest BCUT2D eigenvalue weighted by Gasteiger charge is -2.24. The maximum absolute atomic E-state index is 6.22. The number of imidazole rings is 1. The minimum atomic E-state index is 0.567. The van der Waals surface area contributed by atoms with Gasteiger partial charge in [0, 0.05) is 55.8 Å². The van der Waals surface area contributed by atoms with Crippen LogP contribution in [0.4, 0.5) is 5.82 Å². The van der Waals surface area contributed by atoms with E-state index in [1.807, 2.05) is 49.1 Å². The molecule has 3 aromatic rings. The van der Waals surface area contributed by atoms with E-state index in [1.54, 1.807) is 6.20 Å². The fourth-order valence-electron chi connectivity index (χ4n) is 3.44. The van der Waals surface area contributed by atoms with Crippen molar-refractivity contribution in [3.63, 3.8) is 0 Å². The number of aryl methyl sites for hydroxylation is 1. The zero-order valence-electron chi connectivity index (χ0n) is 18.9. The lowest BCUT2D eigenvalue weighted by Crippen LogP contribution is -2.36. The van der Waals surface area contributed by atoms with E-state index in [0.29, 0.717) is 15.2 Å². The molecule has 0 fully saturated rings. The summed E-state index contributed by atoms with van der Waals surface area (Å²) in [6.45, 7) is 4.24. The molecule has 0 spiro atoms. The highest BCUT2D eigenvalue weighted by molar-refractivity contribution is 9.10. The number of benzene rings is 1. The summed E-state index contributed by atoms with van der Waals surface area (Å²) in [6.07, 6.45) is 11.6. The zero-order valence-corrected chi connectivity index (χ0v) is 22.8. The quantitative estimate of drug-likeness (QED) is 0.188. The molecule has 0 amide bonds. The predicted octanol–water partition coefficient (Wildman–Crippen LogP) is 6.08. The van der Waals surface area contributed by atoms with Crippen molar-refractivity contribution in [1.82, 2.24) is 25.2 Å². The molecule has 0 bridgehead atoms. The van der Waals surface area contributed by atoms with Gasteiger partial charge in [-0.05, 0) is 83.7 Å². The number of hydrogen-bond acceptors (Lipinski definition) is 4. The van der Waals surface area contributed by atoms with Crippen LogP contribution in [0.3, 0.4) is 0 Å². The third-order valence-electron chi connectivity index (χ3n) is 5.22. The van der Waals surface area contributed by atoms with Crippen LogP contribution < -0.4 is 15.5 Å². The number of unbranched alkanes of at least 4 members (excludes halogenated alkanes) is 2. The Bertz CT molecular complexity index is 1020. The van der Waals surface area contributed by atoms with Gasteiger partial charge in [0.15, 0.2) is 5.11 Å². The minimum Gasteiger partial charge on any atom is -0.363 e. The van der Waals surface area contributed by atoms with E-state index in [9.17, 15) is 0 Å². The standard InChI is InChI=1S/C24H29BrCl2N6S/c25-20-6-8-23(31-16-20)33(17-19-5-7-21(26)22(27)15-19)13-3-1-2-9-29-24(34)30-10-4-12-32-14-11-28-18-32/h5-8,11,14-16,18H,1-4,9-10,12-13,17H2,(H2,29,30,34). The summed E-state index contributed by atoms with van der Waals surface area (Å²) in [5.74, 6) is 0.938. The topological polar surface area (TPSA) is 58.0 Å². The highest BCUT2D eigenvalue weighted by atomic mass is 79.9. The molecule has 1 aromatic carbocycles. The first-order chi connectivity index (χ1) is 16.5. The van der Waals surface area contributed by atoms with E-state index in [0.717, 1.165) is 74.3 Å². The molecule has 0 aliphatic carbocycles. The van der Waals surface area contributed by atoms with Gasteiger partial charge in [-0.1, -0.05) is 29.3 Å². The normalized spacial score (nSPS) is 10.8. The van der Waals surface area contributed by atoms with Gasteiger partial charge in [-0.15, -0.1) is 0 Å². The third kappa shape index (κ3) is 9.41. The van der Waals surface area contributed by atoms with E-state index in [1.165, 1.54) is 0 Å². The summed E-state index contributed by atoms with van der Waals surface area (Å²) in [4.78, 5) is 10.9. The second kappa shape index (κ2) is 14.5. The van der Waals surface area contributed by atoms with Crippen LogP contribution in [0.15, 0.2) is 59.7 Å². The molecule has 3 rings (SSSR count). The maximum atomic E-state index is 6.22. The van der Waals surface area contributed by atoms with Crippen LogP contribution in [0.1, 0.15) is 31.2 Å². The first kappa shape index (κ1) is 26.7. The summed E-state index contributed by atoms with van der Waals surface area (Å²) < 4.78 is 3.02. The smallest absolute Gasteiger partial charge is 0.166 e. The van der Waals surface area contributed by atoms with Gasteiger partial charge in [0.2, 0.25) is 0 Å². The molecule has 10 heteroatoms. The fourth-order valence-corrected chi connectivity index (χ4v) is 4.20. The summed E-state index contributed by atoms with van der Waals surface area (Å²) >= 11 is 21.1. The number of anilines is 1. The van der Waals surface area contributed by atoms with Crippen LogP contribution in [-0.4, -0.2) is 39.3 Å². The van der Waals surface area contributed by atoms with E-state index >= 15 is 0 Å². The van der Waals surface area contributed by atoms with Crippen LogP contribution in [0.5, 0.6) is 0 Å². The van der Waals surface area contributed by atoms with Crippen LogP contribution in [-0.2, 0) is 13.1 Å². The molecule has 6 nitrogen and oxygen atoms in total. The molecule has 0 unspecified atom stereocenters. The number of halogens is 3. The van der Waals surface area contributed by atoms with Crippen molar-refractivity contribution >= 4 is 62.3 Å². The Morgan fingerprint density at radius 3 is 2.56 bits per heavy atom. The van der Waals surface area contributed by atoms with Gasteiger partial charge in [-0.2, -0.15) is 0 Å². The Kier molecular flexibility index (Phi) is 11.4. The molecule has 2 N–H and O–H groups in total. The molecular weight excluding hydrogens is 555 g/mol. The van der Waals surface area contributed by atoms with Gasteiger partial charge in [-0.3, -0.25) is 0 Å². The molecule has 2 aromatic heterocycles. The van der Waals surface area contributed by atoms with Gasteiger partial charge < -0.3 is 20.1 Å². The Morgan fingerprint density at radius 2 is 1.85 bits per heavy atom. The highest BCUT2D eigenvalue weighted by Crippen LogP contribution is 2.25. The Balaban J connectivity index is 1.36. The van der Waals surface area contributed by atoms with Crippen molar-refractivity contribution in [3.05, 3.63) is 75.3 Å². The van der Waals surface area contributed by atoms with Crippen LogP contribution >= 0.6 is 51.3 Å². The van der Waals surface area contributed by atoms with Crippen molar-refractivity contribution in [1.29, 1.82) is 0 Å². The molecule has 0 aliphatic rings. The molecule has 0 radical (unpaired) electrons. The number of pyridine rings is 1. The van der Waals surface area contributed by atoms with Gasteiger partial charge in [-0.25, -0.2) is 9.97 Å². The second-order valence-electron chi connectivity index (χ2n) is 7.90. The molecular formula is C24H29BrCl2N6S. The zero-order chi connectivity index (χ0) is 24.2. The summed E-state index contributed by atoms with van der Waals surface area (Å²) in [6, 6.07) is 9.81. The lowest BCUT2D eigenvalue weighted by atomic mass is 10.2. The van der Waals surface area contributed by atoms with Crippen molar-refractivity contribution in [2.45, 2.75) is 38.8 Å². The number of aromatic nitrogens is 3. The number of rotatable bonds is 13. The van der Waals surface area contributed by atoms with E-state index < -0.39 is 0 Å². The number of nitrogens with one attached hydrogen (secondary N) is 2. The first-order valence-corrected chi connectivity index (χ1v) is 13.2. The molecule has 0 aliphatic heterocycles. The molecule has 0 saturated carbocycles. The van der Waals surface area contributed by atoms with Gasteiger partial charge in [0.1, 0.15) is 5.82 Å². The van der Waals surface area contributed by atoms with Gasteiger partial charge >= 0.3 is 0 Å². The SMILES string of the molecule is S=C(NCCCCCN(Cc1ccc(Cl)c(Cl)c1)c1ccc(Br)cn1)NCCCn1ccnc1. The molecule has 2 heterocycles. The molecule has 182 valence electrons. The number of thiocarbonyl (C=S) groups is 1. The average Bonchev–Trinajstić information content (AvgIpc) is 3.35. The third-order valence-corrected chi connectivity index (χ3v) is 6.72. The largest absolute Gasteiger partial charge is 0.363 e. The monoisotopic (exact) mass is 582 g/mol. The molecule has 34 heavy (non-hydrogen) atoms. The number of hydrogen-bond donors (Lipinski definition) is 2. The fraction of sp³-hybridized carbons (Fsp3) is 0.375. The van der Waals surface area contributed by atoms with E-state index in [2.05, 4.69) is 46.0 Å². The Morgan fingerprint density at radius 1 is 1.03 bits per heavy atom. The summed E-state index contributed by atoms with van der Waals surface area (Å²) in [7, 11) is 0. The average molecular weight is 584 g/mol. The second-order valence-corrected chi connectivity index (χ2v) is 10.0. The molecule has 0 saturated heterocycles. The van der Waals surface area contributed by atoms with Crippen molar-refractivity contribution in [3.8, 4) is 0 Å². The molecule has 0 atom stereocenters. The lowest BCUT2D eigenvalue weighted by molar-refractivity contribution is 0.618. The summed E-state index contributed by atoms with van der Waals surface area (Å²) in [5.41, 5.74) is 1.10. The summed E-state index contributed by atoms with van der Waals surface area (Å²) in [5, 5.41) is 8.41.